The predicted molar refractivity (Wildman–Crippen MR) is 67.9 cm³/mol. The Bertz CT molecular complexity index is 456. The summed E-state index contributed by atoms with van der Waals surface area (Å²) in [6, 6.07) is 7.95. The van der Waals surface area contributed by atoms with Crippen LogP contribution in [0, 0.1) is 0 Å². The minimum atomic E-state index is -0.172. The Labute approximate surface area is 99.9 Å². The first-order valence-electron chi connectivity index (χ1n) is 5.24. The molecule has 0 radical (unpaired) electrons. The van der Waals surface area contributed by atoms with E-state index in [9.17, 15) is 0 Å². The fraction of sp³-hybridized carbons (Fsp3) is 0.308. The maximum atomic E-state index is 5.91. The molecule has 0 spiro atoms. The molecule has 0 aliphatic carbocycles. The van der Waals surface area contributed by atoms with Crippen LogP contribution in [0.25, 0.3) is 11.3 Å². The Hall–Kier alpha value is -1.35. The van der Waals surface area contributed by atoms with Crippen LogP contribution < -0.4 is 4.74 Å². The van der Waals surface area contributed by atoms with Crippen molar-refractivity contribution >= 4 is 11.3 Å². The summed E-state index contributed by atoms with van der Waals surface area (Å²) in [5.74, 6) is 0. The van der Waals surface area contributed by atoms with E-state index in [2.05, 4.69) is 25.8 Å². The van der Waals surface area contributed by atoms with Crippen LogP contribution in [0.1, 0.15) is 20.8 Å². The van der Waals surface area contributed by atoms with Crippen molar-refractivity contribution in [2.45, 2.75) is 26.4 Å². The van der Waals surface area contributed by atoms with E-state index in [0.717, 1.165) is 16.3 Å². The number of nitrogens with zero attached hydrogens (tertiary/aromatic N) is 1. The monoisotopic (exact) mass is 233 g/mol. The molecule has 2 heterocycles. The third kappa shape index (κ3) is 2.61. The zero-order chi connectivity index (χ0) is 11.6. The van der Waals surface area contributed by atoms with E-state index in [1.807, 2.05) is 29.6 Å². The van der Waals surface area contributed by atoms with Gasteiger partial charge in [0.05, 0.1) is 11.3 Å². The third-order valence-electron chi connectivity index (χ3n) is 1.97. The predicted octanol–water partition coefficient (Wildman–Crippen LogP) is 3.99. The van der Waals surface area contributed by atoms with Gasteiger partial charge in [0.25, 0.3) is 0 Å². The Morgan fingerprint density at radius 3 is 2.62 bits per heavy atom. The summed E-state index contributed by atoms with van der Waals surface area (Å²) in [7, 11) is 0. The molecule has 2 aromatic rings. The topological polar surface area (TPSA) is 22.1 Å². The lowest BCUT2D eigenvalue weighted by Crippen LogP contribution is -2.22. The molecule has 0 unspecified atom stereocenters. The molecule has 2 rings (SSSR count). The van der Waals surface area contributed by atoms with Crippen molar-refractivity contribution in [3.63, 3.8) is 0 Å². The van der Waals surface area contributed by atoms with Crippen molar-refractivity contribution < 1.29 is 4.74 Å². The van der Waals surface area contributed by atoms with Gasteiger partial charge in [-0.25, -0.2) is 0 Å². The SMILES string of the molecule is CC(C)(C)Oc1sccc1-c1ccccn1. The molecule has 2 nitrogen and oxygen atoms in total. The number of thiophene rings is 1. The summed E-state index contributed by atoms with van der Waals surface area (Å²) in [6.07, 6.45) is 1.80. The highest BCUT2D eigenvalue weighted by Gasteiger charge is 2.16. The lowest BCUT2D eigenvalue weighted by Gasteiger charge is -2.20. The maximum absolute atomic E-state index is 5.91. The largest absolute Gasteiger partial charge is 0.478 e. The van der Waals surface area contributed by atoms with Crippen LogP contribution in [0.4, 0.5) is 0 Å². The molecule has 0 atom stereocenters. The van der Waals surface area contributed by atoms with Gasteiger partial charge in [0, 0.05) is 6.20 Å². The minimum absolute atomic E-state index is 0.172. The van der Waals surface area contributed by atoms with Crippen LogP contribution in [0.2, 0.25) is 0 Å². The molecule has 16 heavy (non-hydrogen) atoms. The van der Waals surface area contributed by atoms with Gasteiger partial charge < -0.3 is 4.74 Å². The van der Waals surface area contributed by atoms with Crippen molar-refractivity contribution in [1.82, 2.24) is 4.98 Å². The Balaban J connectivity index is 2.33. The fourth-order valence-corrected chi connectivity index (χ4v) is 2.29. The minimum Gasteiger partial charge on any atom is -0.478 e. The molecule has 0 fully saturated rings. The number of pyridine rings is 1. The van der Waals surface area contributed by atoms with Gasteiger partial charge in [-0.2, -0.15) is 0 Å². The zero-order valence-electron chi connectivity index (χ0n) is 9.73. The summed E-state index contributed by atoms with van der Waals surface area (Å²) >= 11 is 1.61. The molecule has 0 saturated heterocycles. The average Bonchev–Trinajstić information content (AvgIpc) is 2.64. The lowest BCUT2D eigenvalue weighted by atomic mass is 10.2. The highest BCUT2D eigenvalue weighted by Crippen LogP contribution is 2.36. The highest BCUT2D eigenvalue weighted by molar-refractivity contribution is 7.12. The third-order valence-corrected chi connectivity index (χ3v) is 2.76. The number of hydrogen-bond donors (Lipinski definition) is 0. The van der Waals surface area contributed by atoms with Gasteiger partial charge in [0.1, 0.15) is 5.60 Å². The average molecular weight is 233 g/mol. The molecular formula is C13H15NOS. The van der Waals surface area contributed by atoms with Gasteiger partial charge >= 0.3 is 0 Å². The van der Waals surface area contributed by atoms with Gasteiger partial charge in [-0.05, 0) is 44.4 Å². The van der Waals surface area contributed by atoms with Gasteiger partial charge in [0.2, 0.25) is 0 Å². The van der Waals surface area contributed by atoms with E-state index < -0.39 is 0 Å². The van der Waals surface area contributed by atoms with E-state index in [1.165, 1.54) is 0 Å². The summed E-state index contributed by atoms with van der Waals surface area (Å²) < 4.78 is 5.91. The summed E-state index contributed by atoms with van der Waals surface area (Å²) in [6.45, 7) is 6.15. The standard InChI is InChI=1S/C13H15NOS/c1-13(2,3)15-12-10(7-9-16-12)11-6-4-5-8-14-11/h4-9H,1-3H3. The van der Waals surface area contributed by atoms with E-state index in [1.54, 1.807) is 17.5 Å². The first-order valence-corrected chi connectivity index (χ1v) is 6.12. The normalized spacial score (nSPS) is 11.4. The van der Waals surface area contributed by atoms with Crippen molar-refractivity contribution in [1.29, 1.82) is 0 Å². The Kier molecular flexibility index (Phi) is 2.97. The van der Waals surface area contributed by atoms with Crippen molar-refractivity contribution in [2.24, 2.45) is 0 Å². The van der Waals surface area contributed by atoms with Gasteiger partial charge in [-0.1, -0.05) is 6.07 Å². The summed E-state index contributed by atoms with van der Waals surface area (Å²) in [4.78, 5) is 4.34. The molecule has 0 amide bonds. The number of rotatable bonds is 2. The van der Waals surface area contributed by atoms with Crippen LogP contribution >= 0.6 is 11.3 Å². The first-order chi connectivity index (χ1) is 7.56. The van der Waals surface area contributed by atoms with Crippen LogP contribution in [-0.2, 0) is 0 Å². The quantitative estimate of drug-likeness (QED) is 0.782. The summed E-state index contributed by atoms with van der Waals surface area (Å²) in [5, 5.41) is 2.97. The molecule has 2 aromatic heterocycles. The molecule has 0 aliphatic rings. The molecule has 0 aliphatic heterocycles. The second-order valence-electron chi connectivity index (χ2n) is 4.55. The smallest absolute Gasteiger partial charge is 0.183 e. The highest BCUT2D eigenvalue weighted by atomic mass is 32.1. The van der Waals surface area contributed by atoms with E-state index >= 15 is 0 Å². The Morgan fingerprint density at radius 1 is 1.19 bits per heavy atom. The van der Waals surface area contributed by atoms with Gasteiger partial charge in [-0.15, -0.1) is 11.3 Å². The van der Waals surface area contributed by atoms with E-state index in [0.29, 0.717) is 0 Å². The van der Waals surface area contributed by atoms with Crippen molar-refractivity contribution in [2.75, 3.05) is 0 Å². The van der Waals surface area contributed by atoms with Crippen molar-refractivity contribution in [3.8, 4) is 16.3 Å². The van der Waals surface area contributed by atoms with E-state index in [4.69, 9.17) is 4.74 Å². The fourth-order valence-electron chi connectivity index (χ4n) is 1.36. The Morgan fingerprint density at radius 2 is 2.00 bits per heavy atom. The lowest BCUT2D eigenvalue weighted by molar-refractivity contribution is 0.137. The molecular weight excluding hydrogens is 218 g/mol. The number of ether oxygens (including phenoxy) is 1. The first kappa shape index (κ1) is 11.1. The number of aromatic nitrogens is 1. The molecule has 0 bridgehead atoms. The van der Waals surface area contributed by atoms with Crippen LogP contribution in [-0.4, -0.2) is 10.6 Å². The van der Waals surface area contributed by atoms with Crippen LogP contribution in [0.3, 0.4) is 0 Å². The molecule has 0 N–H and O–H groups in total. The molecule has 0 aromatic carbocycles. The molecule has 84 valence electrons. The molecule has 3 heteroatoms. The van der Waals surface area contributed by atoms with E-state index in [-0.39, 0.29) is 5.60 Å². The van der Waals surface area contributed by atoms with Crippen LogP contribution in [0.5, 0.6) is 5.06 Å². The van der Waals surface area contributed by atoms with Gasteiger partial charge in [0.15, 0.2) is 5.06 Å². The van der Waals surface area contributed by atoms with Crippen LogP contribution in [0.15, 0.2) is 35.8 Å². The maximum Gasteiger partial charge on any atom is 0.183 e. The van der Waals surface area contributed by atoms with Crippen molar-refractivity contribution in [3.05, 3.63) is 35.8 Å². The zero-order valence-corrected chi connectivity index (χ0v) is 10.5. The number of hydrogen-bond acceptors (Lipinski definition) is 3. The second kappa shape index (κ2) is 4.26. The molecule has 0 saturated carbocycles. The second-order valence-corrected chi connectivity index (χ2v) is 5.43. The van der Waals surface area contributed by atoms with Gasteiger partial charge in [-0.3, -0.25) is 4.98 Å². The summed E-state index contributed by atoms with van der Waals surface area (Å²) in [5.41, 5.74) is 1.86.